The van der Waals surface area contributed by atoms with E-state index in [2.05, 4.69) is 124 Å². The van der Waals surface area contributed by atoms with E-state index in [1.165, 1.54) is 0 Å². The maximum Gasteiger partial charge on any atom is 0.132 e. The van der Waals surface area contributed by atoms with Crippen LogP contribution < -0.4 is 0 Å². The van der Waals surface area contributed by atoms with Crippen molar-refractivity contribution in [1.29, 1.82) is 0 Å². The Morgan fingerprint density at radius 3 is 0.784 bits per heavy atom. The lowest BCUT2D eigenvalue weighted by atomic mass is 9.96. The highest BCUT2D eigenvalue weighted by atomic mass is 14.7. The number of aromatic nitrogens is 1. The zero-order valence-electron chi connectivity index (χ0n) is 29.5. The predicted molar refractivity (Wildman–Crippen MR) is 210 cm³/mol. The summed E-state index contributed by atoms with van der Waals surface area (Å²) in [7, 11) is 0. The average molecular weight is 650 g/mol. The lowest BCUT2D eigenvalue weighted by Gasteiger charge is -2.08. The van der Waals surface area contributed by atoms with Crippen LogP contribution in [0.1, 0.15) is 83.7 Å². The van der Waals surface area contributed by atoms with Crippen molar-refractivity contribution in [3.05, 3.63) is 205 Å². The zero-order valence-corrected chi connectivity index (χ0v) is 29.5. The molecule has 0 atom stereocenters. The van der Waals surface area contributed by atoms with Crippen molar-refractivity contribution in [2.24, 2.45) is 0 Å². The molecule has 0 aliphatic heterocycles. The fourth-order valence-electron chi connectivity index (χ4n) is 5.34. The molecule has 0 radical (unpaired) electrons. The highest BCUT2D eigenvalue weighted by molar-refractivity contribution is 5.70. The fraction of sp³-hybridized carbons (Fsp3) is 0.100. The number of rotatable bonds is 0. The number of aryl methyl sites for hydroxylation is 5. The van der Waals surface area contributed by atoms with Crippen LogP contribution in [0.3, 0.4) is 0 Å². The second kappa shape index (κ2) is 16.0. The highest BCUT2D eigenvalue weighted by Crippen LogP contribution is 2.22. The van der Waals surface area contributed by atoms with Gasteiger partial charge in [0.05, 0.1) is 16.7 Å². The third-order valence-electron chi connectivity index (χ3n) is 8.52. The molecule has 0 spiro atoms. The molecule has 0 aliphatic rings. The van der Waals surface area contributed by atoms with E-state index in [4.69, 9.17) is 4.98 Å². The standard InChI is InChI=1S/C50H35N/c1-36-16-6-11-21-41(36)26-31-46-47(32-27-42-22-12-7-17-37(42)2)49(34-29-44-24-14-9-19-39(44)4)51-50(35-30-45-25-15-10-20-40(45)5)48(46)33-28-43-23-13-8-18-38(43)3/h6-25H,1-5H3. The normalized spacial score (nSPS) is 9.67. The van der Waals surface area contributed by atoms with Crippen molar-refractivity contribution in [3.8, 4) is 59.2 Å². The first-order valence-electron chi connectivity index (χ1n) is 16.8. The molecule has 0 N–H and O–H groups in total. The Balaban J connectivity index is 1.73. The average Bonchev–Trinajstić information content (AvgIpc) is 3.14. The first kappa shape index (κ1) is 33.9. The fourth-order valence-corrected chi connectivity index (χ4v) is 5.34. The summed E-state index contributed by atoms with van der Waals surface area (Å²) in [5, 5.41) is 0. The van der Waals surface area contributed by atoms with Crippen molar-refractivity contribution in [2.45, 2.75) is 34.6 Å². The molecule has 6 rings (SSSR count). The minimum absolute atomic E-state index is 0.504. The molecular weight excluding hydrogens is 615 g/mol. The zero-order chi connectivity index (χ0) is 35.6. The number of benzene rings is 5. The molecule has 1 aromatic heterocycles. The van der Waals surface area contributed by atoms with Gasteiger partial charge in [0.15, 0.2) is 0 Å². The van der Waals surface area contributed by atoms with Gasteiger partial charge in [-0.25, -0.2) is 4.98 Å². The molecule has 0 bridgehead atoms. The monoisotopic (exact) mass is 649 g/mol. The molecule has 1 heterocycles. The van der Waals surface area contributed by atoms with Crippen LogP contribution in [0.5, 0.6) is 0 Å². The van der Waals surface area contributed by atoms with Crippen LogP contribution in [-0.4, -0.2) is 4.98 Å². The molecule has 0 aliphatic carbocycles. The van der Waals surface area contributed by atoms with E-state index < -0.39 is 0 Å². The van der Waals surface area contributed by atoms with Crippen LogP contribution in [-0.2, 0) is 0 Å². The van der Waals surface area contributed by atoms with E-state index in [1.54, 1.807) is 0 Å². The summed E-state index contributed by atoms with van der Waals surface area (Å²) in [4.78, 5) is 5.14. The molecule has 51 heavy (non-hydrogen) atoms. The van der Waals surface area contributed by atoms with Crippen molar-refractivity contribution in [1.82, 2.24) is 4.98 Å². The smallest absolute Gasteiger partial charge is 0.132 e. The summed E-state index contributed by atoms with van der Waals surface area (Å²) >= 11 is 0. The summed E-state index contributed by atoms with van der Waals surface area (Å²) in [6, 6.07) is 40.4. The van der Waals surface area contributed by atoms with E-state index >= 15 is 0 Å². The van der Waals surface area contributed by atoms with Crippen LogP contribution in [0.25, 0.3) is 0 Å². The van der Waals surface area contributed by atoms with Crippen LogP contribution in [0.4, 0.5) is 0 Å². The Morgan fingerprint density at radius 1 is 0.275 bits per heavy atom. The molecule has 0 fully saturated rings. The van der Waals surface area contributed by atoms with Crippen molar-refractivity contribution in [2.75, 3.05) is 0 Å². The molecule has 1 heteroatoms. The predicted octanol–water partition coefficient (Wildman–Crippen LogP) is 9.62. The summed E-state index contributed by atoms with van der Waals surface area (Å²) in [5.41, 5.74) is 12.9. The number of hydrogen-bond donors (Lipinski definition) is 0. The Labute approximate surface area is 302 Å². The van der Waals surface area contributed by atoms with Gasteiger partial charge in [-0.05, 0) is 105 Å². The maximum absolute atomic E-state index is 5.14. The Bertz CT molecular complexity index is 2460. The van der Waals surface area contributed by atoms with Gasteiger partial charge in [-0.15, -0.1) is 0 Å². The van der Waals surface area contributed by atoms with Crippen LogP contribution in [0.15, 0.2) is 121 Å². The number of pyridine rings is 1. The molecule has 0 amide bonds. The summed E-state index contributed by atoms with van der Waals surface area (Å²) in [6.45, 7) is 10.3. The van der Waals surface area contributed by atoms with Crippen LogP contribution in [0, 0.1) is 93.8 Å². The minimum atomic E-state index is 0.504. The van der Waals surface area contributed by atoms with Crippen LogP contribution in [0.2, 0.25) is 0 Å². The molecule has 0 saturated carbocycles. The first-order valence-corrected chi connectivity index (χ1v) is 16.8. The Hall–Kier alpha value is -6.95. The second-order valence-corrected chi connectivity index (χ2v) is 12.3. The van der Waals surface area contributed by atoms with E-state index in [0.717, 1.165) is 55.6 Å². The summed E-state index contributed by atoms with van der Waals surface area (Å²) in [6.07, 6.45) is 0. The minimum Gasteiger partial charge on any atom is -0.228 e. The highest BCUT2D eigenvalue weighted by Gasteiger charge is 2.16. The van der Waals surface area contributed by atoms with Gasteiger partial charge >= 0.3 is 0 Å². The first-order chi connectivity index (χ1) is 24.9. The van der Waals surface area contributed by atoms with E-state index in [0.29, 0.717) is 28.1 Å². The third-order valence-corrected chi connectivity index (χ3v) is 8.52. The SMILES string of the molecule is Cc1ccccc1C#Cc1nc(C#Cc2ccccc2C)c(C#Cc2ccccc2C)c(C#Cc2ccccc2C)c1C#Cc1ccccc1C. The maximum atomic E-state index is 5.14. The van der Waals surface area contributed by atoms with Gasteiger partial charge in [-0.1, -0.05) is 138 Å². The van der Waals surface area contributed by atoms with Gasteiger partial charge in [0, 0.05) is 27.8 Å². The van der Waals surface area contributed by atoms with Gasteiger partial charge in [-0.3, -0.25) is 0 Å². The number of nitrogens with zero attached hydrogens (tertiary/aromatic N) is 1. The van der Waals surface area contributed by atoms with E-state index in [-0.39, 0.29) is 0 Å². The molecule has 5 aromatic carbocycles. The van der Waals surface area contributed by atoms with Gasteiger partial charge in [0.2, 0.25) is 0 Å². The van der Waals surface area contributed by atoms with Gasteiger partial charge in [-0.2, -0.15) is 0 Å². The van der Waals surface area contributed by atoms with Crippen LogP contribution >= 0.6 is 0 Å². The van der Waals surface area contributed by atoms with Crippen molar-refractivity contribution in [3.63, 3.8) is 0 Å². The molecule has 0 saturated heterocycles. The lowest BCUT2D eigenvalue weighted by Crippen LogP contribution is -2.04. The molecule has 0 unspecified atom stereocenters. The van der Waals surface area contributed by atoms with Crippen molar-refractivity contribution < 1.29 is 0 Å². The molecule has 1 nitrogen and oxygen atoms in total. The van der Waals surface area contributed by atoms with Crippen molar-refractivity contribution >= 4 is 0 Å². The Morgan fingerprint density at radius 2 is 0.510 bits per heavy atom. The van der Waals surface area contributed by atoms with Gasteiger partial charge < -0.3 is 0 Å². The lowest BCUT2D eigenvalue weighted by molar-refractivity contribution is 1.21. The molecular formula is C50H35N. The summed E-state index contributed by atoms with van der Waals surface area (Å²) < 4.78 is 0. The summed E-state index contributed by atoms with van der Waals surface area (Å²) in [5.74, 6) is 34.2. The Kier molecular flexibility index (Phi) is 10.6. The number of hydrogen-bond acceptors (Lipinski definition) is 1. The second-order valence-electron chi connectivity index (χ2n) is 12.3. The van der Waals surface area contributed by atoms with Gasteiger partial charge in [0.1, 0.15) is 11.4 Å². The topological polar surface area (TPSA) is 12.9 Å². The third kappa shape index (κ3) is 8.38. The molecule has 6 aromatic rings. The largest absolute Gasteiger partial charge is 0.228 e. The van der Waals surface area contributed by atoms with E-state index in [9.17, 15) is 0 Å². The molecule has 240 valence electrons. The quantitative estimate of drug-likeness (QED) is 0.149. The van der Waals surface area contributed by atoms with E-state index in [1.807, 2.05) is 91.0 Å². The van der Waals surface area contributed by atoms with Gasteiger partial charge in [0.25, 0.3) is 0 Å².